The summed E-state index contributed by atoms with van der Waals surface area (Å²) in [6, 6.07) is 4.66. The van der Waals surface area contributed by atoms with Crippen molar-refractivity contribution in [3.63, 3.8) is 0 Å². The van der Waals surface area contributed by atoms with E-state index in [1.807, 2.05) is 6.19 Å². The van der Waals surface area contributed by atoms with E-state index in [1.54, 1.807) is 23.1 Å². The number of rotatable bonds is 8. The minimum Gasteiger partial charge on any atom is -0.385 e. The van der Waals surface area contributed by atoms with Crippen LogP contribution in [0.15, 0.2) is 23.1 Å². The number of anilines is 1. The molecule has 0 spiro atoms. The Kier molecular flexibility index (Phi) is 6.72. The molecule has 132 valence electrons. The highest BCUT2D eigenvalue weighted by Gasteiger charge is 2.28. The lowest BCUT2D eigenvalue weighted by atomic mass is 10.2. The molecule has 0 aliphatic carbocycles. The average molecular weight is 371 g/mol. The van der Waals surface area contributed by atoms with E-state index in [1.165, 1.54) is 0 Å². The molecule has 0 saturated carbocycles. The Balaban J connectivity index is 2.07. The topological polar surface area (TPSA) is 85.2 Å². The SMILES string of the molecule is CCCCCNc1ccc(Cl)c(S(=O)(=O)NC2CCN(C#N)C2)c1. The van der Waals surface area contributed by atoms with Crippen molar-refractivity contribution in [2.45, 2.75) is 43.5 Å². The summed E-state index contributed by atoms with van der Waals surface area (Å²) in [6.45, 7) is 3.88. The fourth-order valence-corrected chi connectivity index (χ4v) is 4.44. The van der Waals surface area contributed by atoms with Gasteiger partial charge in [-0.05, 0) is 31.0 Å². The molecule has 8 heteroatoms. The second-order valence-corrected chi connectivity index (χ2v) is 8.02. The third kappa shape index (κ3) is 5.00. The number of benzene rings is 1. The average Bonchev–Trinajstić information content (AvgIpc) is 2.99. The third-order valence-electron chi connectivity index (χ3n) is 3.98. The van der Waals surface area contributed by atoms with Crippen molar-refractivity contribution in [1.29, 1.82) is 5.26 Å². The van der Waals surface area contributed by atoms with Gasteiger partial charge in [0.2, 0.25) is 10.0 Å². The van der Waals surface area contributed by atoms with E-state index in [9.17, 15) is 8.42 Å². The van der Waals surface area contributed by atoms with Crippen molar-refractivity contribution in [2.24, 2.45) is 0 Å². The van der Waals surface area contributed by atoms with Crippen molar-refractivity contribution in [1.82, 2.24) is 9.62 Å². The van der Waals surface area contributed by atoms with Gasteiger partial charge in [0.1, 0.15) is 4.90 Å². The van der Waals surface area contributed by atoms with Crippen LogP contribution in [0, 0.1) is 11.5 Å². The van der Waals surface area contributed by atoms with Gasteiger partial charge in [-0.25, -0.2) is 13.1 Å². The van der Waals surface area contributed by atoms with Gasteiger partial charge in [0, 0.05) is 31.4 Å². The number of nitrogens with one attached hydrogen (secondary N) is 2. The number of halogens is 1. The molecule has 1 fully saturated rings. The molecule has 1 aliphatic rings. The maximum atomic E-state index is 12.6. The molecule has 1 atom stereocenters. The summed E-state index contributed by atoms with van der Waals surface area (Å²) in [6.07, 6.45) is 5.94. The summed E-state index contributed by atoms with van der Waals surface area (Å²) < 4.78 is 27.9. The molecule has 0 aromatic heterocycles. The second-order valence-electron chi connectivity index (χ2n) is 5.93. The lowest BCUT2D eigenvalue weighted by Gasteiger charge is -2.15. The van der Waals surface area contributed by atoms with Gasteiger partial charge >= 0.3 is 0 Å². The van der Waals surface area contributed by atoms with Crippen molar-refractivity contribution in [2.75, 3.05) is 25.0 Å². The summed E-state index contributed by atoms with van der Waals surface area (Å²) >= 11 is 6.10. The number of nitrogens with zero attached hydrogens (tertiary/aromatic N) is 2. The van der Waals surface area contributed by atoms with Crippen molar-refractivity contribution in [3.05, 3.63) is 23.2 Å². The molecule has 0 bridgehead atoms. The molecule has 0 radical (unpaired) electrons. The first kappa shape index (κ1) is 18.8. The van der Waals surface area contributed by atoms with Crippen LogP contribution in [0.2, 0.25) is 5.02 Å². The molecule has 1 saturated heterocycles. The van der Waals surface area contributed by atoms with Gasteiger partial charge in [-0.15, -0.1) is 0 Å². The maximum absolute atomic E-state index is 12.6. The van der Waals surface area contributed by atoms with E-state index in [-0.39, 0.29) is 16.0 Å². The Hall–Kier alpha value is -1.49. The number of hydrogen-bond acceptors (Lipinski definition) is 5. The van der Waals surface area contributed by atoms with Crippen LogP contribution < -0.4 is 10.0 Å². The zero-order valence-corrected chi connectivity index (χ0v) is 15.3. The van der Waals surface area contributed by atoms with Crippen LogP contribution in [0.1, 0.15) is 32.6 Å². The summed E-state index contributed by atoms with van der Waals surface area (Å²) in [7, 11) is -3.72. The fraction of sp³-hybridized carbons (Fsp3) is 0.562. The van der Waals surface area contributed by atoms with Gasteiger partial charge in [-0.1, -0.05) is 31.4 Å². The zero-order valence-electron chi connectivity index (χ0n) is 13.8. The van der Waals surface area contributed by atoms with E-state index < -0.39 is 10.0 Å². The first-order valence-corrected chi connectivity index (χ1v) is 10.0. The standard InChI is InChI=1S/C16H23ClN4O2S/c1-2-3-4-8-19-13-5-6-15(17)16(10-13)24(22,23)20-14-7-9-21(11-14)12-18/h5-6,10,14,19-20H,2-4,7-9,11H2,1H3. The molecular weight excluding hydrogens is 348 g/mol. The second kappa shape index (κ2) is 8.56. The zero-order chi connectivity index (χ0) is 17.6. The normalized spacial score (nSPS) is 17.7. The van der Waals surface area contributed by atoms with E-state index in [4.69, 9.17) is 16.9 Å². The Labute approximate surface area is 148 Å². The Bertz CT molecular complexity index is 703. The fourth-order valence-electron chi connectivity index (χ4n) is 2.66. The molecule has 24 heavy (non-hydrogen) atoms. The van der Waals surface area contributed by atoms with Gasteiger partial charge in [-0.2, -0.15) is 5.26 Å². The van der Waals surface area contributed by atoms with E-state index in [2.05, 4.69) is 17.0 Å². The predicted octanol–water partition coefficient (Wildman–Crippen LogP) is 2.78. The van der Waals surface area contributed by atoms with Gasteiger partial charge < -0.3 is 10.2 Å². The molecule has 1 unspecified atom stereocenters. The first-order chi connectivity index (χ1) is 11.5. The molecule has 6 nitrogen and oxygen atoms in total. The minimum atomic E-state index is -3.72. The molecule has 2 N–H and O–H groups in total. The first-order valence-electron chi connectivity index (χ1n) is 8.16. The van der Waals surface area contributed by atoms with Crippen LogP contribution in [-0.4, -0.2) is 39.0 Å². The highest BCUT2D eigenvalue weighted by atomic mass is 35.5. The molecule has 1 heterocycles. The van der Waals surface area contributed by atoms with Gasteiger partial charge in [0.25, 0.3) is 0 Å². The highest BCUT2D eigenvalue weighted by molar-refractivity contribution is 7.89. The molecule has 0 amide bonds. The molecule has 2 rings (SSSR count). The lowest BCUT2D eigenvalue weighted by Crippen LogP contribution is -2.36. The third-order valence-corrected chi connectivity index (χ3v) is 5.98. The molecule has 1 aliphatic heterocycles. The Morgan fingerprint density at radius 1 is 1.42 bits per heavy atom. The predicted molar refractivity (Wildman–Crippen MR) is 95.4 cm³/mol. The van der Waals surface area contributed by atoms with Gasteiger partial charge in [0.05, 0.1) is 5.02 Å². The maximum Gasteiger partial charge on any atom is 0.242 e. The highest BCUT2D eigenvalue weighted by Crippen LogP contribution is 2.26. The summed E-state index contributed by atoms with van der Waals surface area (Å²) in [5.41, 5.74) is 0.737. The quantitative estimate of drug-likeness (QED) is 0.543. The van der Waals surface area contributed by atoms with Crippen LogP contribution in [-0.2, 0) is 10.0 Å². The number of nitriles is 1. The number of hydrogen-bond donors (Lipinski definition) is 2. The van der Waals surface area contributed by atoms with Crippen LogP contribution >= 0.6 is 11.6 Å². The lowest BCUT2D eigenvalue weighted by molar-refractivity contribution is 0.470. The smallest absolute Gasteiger partial charge is 0.242 e. The van der Waals surface area contributed by atoms with Crippen LogP contribution in [0.25, 0.3) is 0 Å². The van der Waals surface area contributed by atoms with Crippen molar-refractivity contribution in [3.8, 4) is 6.19 Å². The molecular formula is C16H23ClN4O2S. The molecule has 1 aromatic carbocycles. The van der Waals surface area contributed by atoms with Crippen LogP contribution in [0.5, 0.6) is 0 Å². The summed E-state index contributed by atoms with van der Waals surface area (Å²) in [5, 5.41) is 12.3. The monoisotopic (exact) mass is 370 g/mol. The van der Waals surface area contributed by atoms with Crippen molar-refractivity contribution < 1.29 is 8.42 Å². The van der Waals surface area contributed by atoms with E-state index in [0.717, 1.165) is 31.5 Å². The number of unbranched alkanes of at least 4 members (excludes halogenated alkanes) is 2. The van der Waals surface area contributed by atoms with E-state index >= 15 is 0 Å². The van der Waals surface area contributed by atoms with E-state index in [0.29, 0.717) is 19.5 Å². The number of likely N-dealkylation sites (tertiary alicyclic amines) is 1. The van der Waals surface area contributed by atoms with Gasteiger partial charge in [-0.3, -0.25) is 0 Å². The Morgan fingerprint density at radius 2 is 2.21 bits per heavy atom. The van der Waals surface area contributed by atoms with Gasteiger partial charge in [0.15, 0.2) is 6.19 Å². The molecule has 1 aromatic rings. The number of sulfonamides is 1. The van der Waals surface area contributed by atoms with Crippen molar-refractivity contribution >= 4 is 27.3 Å². The van der Waals surface area contributed by atoms with Crippen LogP contribution in [0.4, 0.5) is 5.69 Å². The van der Waals surface area contributed by atoms with Crippen LogP contribution in [0.3, 0.4) is 0 Å². The summed E-state index contributed by atoms with van der Waals surface area (Å²) in [5.74, 6) is 0. The minimum absolute atomic E-state index is 0.0695. The largest absolute Gasteiger partial charge is 0.385 e. The Morgan fingerprint density at radius 3 is 2.88 bits per heavy atom. The summed E-state index contributed by atoms with van der Waals surface area (Å²) in [4.78, 5) is 1.61.